The monoisotopic (exact) mass is 427 g/mol. The molecule has 0 atom stereocenters. The number of ether oxygens (including phenoxy) is 1. The van der Waals surface area contributed by atoms with Crippen molar-refractivity contribution in [2.24, 2.45) is 0 Å². The van der Waals surface area contributed by atoms with Gasteiger partial charge in [-0.05, 0) is 64.4 Å². The average molecular weight is 427 g/mol. The van der Waals surface area contributed by atoms with Crippen LogP contribution < -0.4 is 10.1 Å². The summed E-state index contributed by atoms with van der Waals surface area (Å²) in [6.07, 6.45) is 0.176. The van der Waals surface area contributed by atoms with Gasteiger partial charge in [0.15, 0.2) is 0 Å². The summed E-state index contributed by atoms with van der Waals surface area (Å²) < 4.78 is 5.90. The number of hydrogen-bond donors (Lipinski definition) is 3. The van der Waals surface area contributed by atoms with Crippen LogP contribution >= 0.6 is 0 Å². The molecular formula is C26H21NO5. The van der Waals surface area contributed by atoms with E-state index in [9.17, 15) is 19.8 Å². The number of carboxylic acid groups (broad SMARTS) is 1. The third-order valence-corrected chi connectivity index (χ3v) is 5.04. The maximum Gasteiger partial charge on any atom is 0.336 e. The molecule has 4 aromatic carbocycles. The third-order valence-electron chi connectivity index (χ3n) is 5.04. The molecule has 1 amide bonds. The van der Waals surface area contributed by atoms with Crippen molar-refractivity contribution >= 4 is 22.6 Å². The van der Waals surface area contributed by atoms with Crippen LogP contribution in [0.15, 0.2) is 84.9 Å². The number of hydrogen-bond acceptors (Lipinski definition) is 4. The van der Waals surface area contributed by atoms with Crippen molar-refractivity contribution in [3.63, 3.8) is 0 Å². The molecule has 0 aliphatic carbocycles. The van der Waals surface area contributed by atoms with E-state index in [2.05, 4.69) is 5.32 Å². The van der Waals surface area contributed by atoms with Gasteiger partial charge in [0.1, 0.15) is 17.2 Å². The van der Waals surface area contributed by atoms with Gasteiger partial charge in [-0.15, -0.1) is 0 Å². The summed E-state index contributed by atoms with van der Waals surface area (Å²) in [5.74, 6) is 0.317. The highest BCUT2D eigenvalue weighted by Gasteiger charge is 2.10. The first-order chi connectivity index (χ1) is 15.5. The molecule has 6 nitrogen and oxygen atoms in total. The Morgan fingerprint density at radius 2 is 1.50 bits per heavy atom. The molecule has 3 N–H and O–H groups in total. The van der Waals surface area contributed by atoms with Crippen molar-refractivity contribution in [1.82, 2.24) is 5.32 Å². The fraction of sp³-hybridized carbons (Fsp3) is 0.0769. The molecule has 0 unspecified atom stereocenters. The number of aromatic hydroxyl groups is 1. The van der Waals surface area contributed by atoms with E-state index in [0.717, 1.165) is 16.3 Å². The van der Waals surface area contributed by atoms with Crippen molar-refractivity contribution < 1.29 is 24.5 Å². The van der Waals surface area contributed by atoms with Crippen LogP contribution in [0.2, 0.25) is 0 Å². The fourth-order valence-corrected chi connectivity index (χ4v) is 3.41. The molecule has 0 saturated carbocycles. The zero-order chi connectivity index (χ0) is 22.5. The van der Waals surface area contributed by atoms with E-state index in [-0.39, 0.29) is 30.2 Å². The number of rotatable bonds is 7. The summed E-state index contributed by atoms with van der Waals surface area (Å²) in [6, 6.07) is 24.6. The van der Waals surface area contributed by atoms with Gasteiger partial charge in [0.2, 0.25) is 5.91 Å². The smallest absolute Gasteiger partial charge is 0.336 e. The Balaban J connectivity index is 1.35. The Labute approximate surface area is 184 Å². The summed E-state index contributed by atoms with van der Waals surface area (Å²) in [5, 5.41) is 23.4. The first-order valence-electron chi connectivity index (χ1n) is 10.1. The van der Waals surface area contributed by atoms with E-state index in [4.69, 9.17) is 4.74 Å². The van der Waals surface area contributed by atoms with Crippen molar-refractivity contribution in [2.75, 3.05) is 0 Å². The van der Waals surface area contributed by atoms with E-state index in [0.29, 0.717) is 17.1 Å². The molecular weight excluding hydrogens is 406 g/mol. The predicted molar refractivity (Wildman–Crippen MR) is 121 cm³/mol. The van der Waals surface area contributed by atoms with Crippen LogP contribution in [-0.2, 0) is 17.8 Å². The van der Waals surface area contributed by atoms with Crippen molar-refractivity contribution in [1.29, 1.82) is 0 Å². The highest BCUT2D eigenvalue weighted by molar-refractivity contribution is 5.89. The van der Waals surface area contributed by atoms with Crippen LogP contribution in [0, 0.1) is 0 Å². The molecule has 0 saturated heterocycles. The number of fused-ring (bicyclic) bond motifs is 1. The Kier molecular flexibility index (Phi) is 6.03. The van der Waals surface area contributed by atoms with Crippen molar-refractivity contribution in [2.45, 2.75) is 13.0 Å². The molecule has 4 aromatic rings. The first-order valence-corrected chi connectivity index (χ1v) is 10.1. The minimum atomic E-state index is -1.02. The van der Waals surface area contributed by atoms with E-state index in [1.54, 1.807) is 42.5 Å². The first kappa shape index (κ1) is 20.9. The van der Waals surface area contributed by atoms with Crippen LogP contribution in [0.1, 0.15) is 21.5 Å². The Bertz CT molecular complexity index is 1280. The predicted octanol–water partition coefficient (Wildman–Crippen LogP) is 4.89. The molecule has 0 aliphatic rings. The Hall–Kier alpha value is -4.32. The molecule has 0 heterocycles. The van der Waals surface area contributed by atoms with Gasteiger partial charge in [-0.1, -0.05) is 42.5 Å². The zero-order valence-electron chi connectivity index (χ0n) is 17.1. The second-order valence-electron chi connectivity index (χ2n) is 7.36. The van der Waals surface area contributed by atoms with E-state index < -0.39 is 5.97 Å². The van der Waals surface area contributed by atoms with Crippen LogP contribution in [0.3, 0.4) is 0 Å². The Morgan fingerprint density at radius 1 is 0.812 bits per heavy atom. The van der Waals surface area contributed by atoms with Crippen LogP contribution in [-0.4, -0.2) is 22.1 Å². The number of carboxylic acids is 1. The number of carbonyl (C=O) groups is 2. The second-order valence-corrected chi connectivity index (χ2v) is 7.36. The lowest BCUT2D eigenvalue weighted by molar-refractivity contribution is -0.120. The highest BCUT2D eigenvalue weighted by Crippen LogP contribution is 2.27. The number of amides is 1. The minimum Gasteiger partial charge on any atom is -0.508 e. The van der Waals surface area contributed by atoms with Crippen LogP contribution in [0.25, 0.3) is 10.8 Å². The lowest BCUT2D eigenvalue weighted by Gasteiger charge is -2.10. The lowest BCUT2D eigenvalue weighted by atomic mass is 10.1. The van der Waals surface area contributed by atoms with Gasteiger partial charge in [-0.3, -0.25) is 4.79 Å². The van der Waals surface area contributed by atoms with Gasteiger partial charge < -0.3 is 20.3 Å². The van der Waals surface area contributed by atoms with E-state index in [1.165, 1.54) is 6.07 Å². The van der Waals surface area contributed by atoms with Gasteiger partial charge >= 0.3 is 5.97 Å². The standard InChI is InChI=1S/C26H21NO5/c28-21-9-7-19-15-23(12-8-18(19)14-21)32-22-10-5-17(6-11-22)13-25(29)27-16-20-3-1-2-4-24(20)26(30)31/h1-12,14-15,28H,13,16H2,(H,27,29)(H,30,31). The molecule has 0 fully saturated rings. The summed E-state index contributed by atoms with van der Waals surface area (Å²) in [7, 11) is 0. The lowest BCUT2D eigenvalue weighted by Crippen LogP contribution is -2.25. The number of phenols is 1. The third kappa shape index (κ3) is 5.05. The molecule has 0 spiro atoms. The van der Waals surface area contributed by atoms with E-state index >= 15 is 0 Å². The number of phenolic OH excluding ortho intramolecular Hbond substituents is 1. The highest BCUT2D eigenvalue weighted by atomic mass is 16.5. The molecule has 4 rings (SSSR count). The van der Waals surface area contributed by atoms with Gasteiger partial charge in [0.05, 0.1) is 12.0 Å². The quantitative estimate of drug-likeness (QED) is 0.390. The molecule has 6 heteroatoms. The number of carbonyl (C=O) groups excluding carboxylic acids is 1. The van der Waals surface area contributed by atoms with Crippen LogP contribution in [0.4, 0.5) is 0 Å². The molecule has 0 aromatic heterocycles. The van der Waals surface area contributed by atoms with Gasteiger partial charge in [-0.25, -0.2) is 4.79 Å². The number of aromatic carboxylic acids is 1. The number of nitrogens with one attached hydrogen (secondary N) is 1. The zero-order valence-corrected chi connectivity index (χ0v) is 17.1. The molecule has 0 bridgehead atoms. The maximum atomic E-state index is 12.3. The van der Waals surface area contributed by atoms with Crippen molar-refractivity contribution in [3.05, 3.63) is 102 Å². The fourth-order valence-electron chi connectivity index (χ4n) is 3.41. The average Bonchev–Trinajstić information content (AvgIpc) is 2.79. The normalized spacial score (nSPS) is 10.6. The minimum absolute atomic E-state index is 0.155. The molecule has 160 valence electrons. The van der Waals surface area contributed by atoms with Gasteiger partial charge in [0, 0.05) is 6.54 Å². The summed E-state index contributed by atoms with van der Waals surface area (Å²) in [5.41, 5.74) is 1.55. The van der Waals surface area contributed by atoms with Gasteiger partial charge in [-0.2, -0.15) is 0 Å². The number of benzene rings is 4. The summed E-state index contributed by atoms with van der Waals surface area (Å²) in [6.45, 7) is 0.155. The SMILES string of the molecule is O=C(Cc1ccc(Oc2ccc3cc(O)ccc3c2)cc1)NCc1ccccc1C(=O)O. The van der Waals surface area contributed by atoms with E-state index in [1.807, 2.05) is 36.4 Å². The second kappa shape index (κ2) is 9.22. The topological polar surface area (TPSA) is 95.9 Å². The van der Waals surface area contributed by atoms with Gasteiger partial charge in [0.25, 0.3) is 0 Å². The summed E-state index contributed by atoms with van der Waals surface area (Å²) in [4.78, 5) is 23.5. The maximum absolute atomic E-state index is 12.3. The molecule has 0 radical (unpaired) electrons. The summed E-state index contributed by atoms with van der Waals surface area (Å²) >= 11 is 0. The molecule has 32 heavy (non-hydrogen) atoms. The molecule has 0 aliphatic heterocycles. The Morgan fingerprint density at radius 3 is 2.28 bits per heavy atom. The van der Waals surface area contributed by atoms with Crippen molar-refractivity contribution in [3.8, 4) is 17.2 Å². The van der Waals surface area contributed by atoms with Crippen LogP contribution in [0.5, 0.6) is 17.2 Å². The largest absolute Gasteiger partial charge is 0.508 e.